The second-order valence-electron chi connectivity index (χ2n) is 14.3. The Bertz CT molecular complexity index is 1070. The predicted molar refractivity (Wildman–Crippen MR) is 217 cm³/mol. The highest BCUT2D eigenvalue weighted by molar-refractivity contribution is 7.46. The van der Waals surface area contributed by atoms with Crippen LogP contribution >= 0.6 is 7.82 Å². The van der Waals surface area contributed by atoms with Gasteiger partial charge in [-0.1, -0.05) is 171 Å². The summed E-state index contributed by atoms with van der Waals surface area (Å²) in [5, 5.41) is 10.2. The number of hydrogen-bond donors (Lipinski definition) is 3. The molecule has 0 rings (SSSR count). The molecule has 1 unspecified atom stereocenters. The van der Waals surface area contributed by atoms with Crippen molar-refractivity contribution in [1.82, 2.24) is 0 Å². The lowest BCUT2D eigenvalue weighted by atomic mass is 10.0. The van der Waals surface area contributed by atoms with Gasteiger partial charge in [0.05, 0.1) is 12.7 Å². The maximum Gasteiger partial charge on any atom is 0.469 e. The van der Waals surface area contributed by atoms with E-state index in [-0.39, 0.29) is 19.4 Å². The Morgan fingerprint density at radius 3 is 1.62 bits per heavy atom. The molecule has 9 nitrogen and oxygen atoms in total. The van der Waals surface area contributed by atoms with Gasteiger partial charge in [-0.2, -0.15) is 0 Å². The number of carbonyl (C=O) groups is 2. The van der Waals surface area contributed by atoms with E-state index < -0.39 is 38.6 Å². The van der Waals surface area contributed by atoms with Crippen molar-refractivity contribution in [2.45, 2.75) is 181 Å². The van der Waals surface area contributed by atoms with Crippen LogP contribution in [0.1, 0.15) is 168 Å². The van der Waals surface area contributed by atoms with Gasteiger partial charge < -0.3 is 24.4 Å². The molecule has 0 fully saturated rings. The van der Waals surface area contributed by atoms with Crippen LogP contribution in [0.3, 0.4) is 0 Å². The number of rotatable bonds is 36. The third-order valence-electron chi connectivity index (χ3n) is 8.58. The summed E-state index contributed by atoms with van der Waals surface area (Å²) < 4.78 is 26.2. The number of aliphatic hydroxyl groups excluding tert-OH is 1. The third kappa shape index (κ3) is 40.7. The molecular formula is C43H75O9P. The van der Waals surface area contributed by atoms with Crippen molar-refractivity contribution in [3.63, 3.8) is 0 Å². The van der Waals surface area contributed by atoms with E-state index in [1.54, 1.807) is 12.2 Å². The van der Waals surface area contributed by atoms with E-state index >= 15 is 0 Å². The average Bonchev–Trinajstić information content (AvgIpc) is 3.10. The van der Waals surface area contributed by atoms with Crippen molar-refractivity contribution in [2.24, 2.45) is 5.92 Å². The summed E-state index contributed by atoms with van der Waals surface area (Å²) in [6, 6.07) is 0. The fourth-order valence-corrected chi connectivity index (χ4v) is 5.89. The molecule has 0 bridgehead atoms. The van der Waals surface area contributed by atoms with Crippen LogP contribution in [0.15, 0.2) is 60.8 Å². The highest BCUT2D eigenvalue weighted by Gasteiger charge is 2.23. The number of phosphoric ester groups is 1. The summed E-state index contributed by atoms with van der Waals surface area (Å²) in [5.74, 6) is -0.267. The zero-order valence-electron chi connectivity index (χ0n) is 33.4. The molecule has 0 aliphatic carbocycles. The molecule has 0 amide bonds. The summed E-state index contributed by atoms with van der Waals surface area (Å²) in [7, 11) is -4.81. The monoisotopic (exact) mass is 767 g/mol. The minimum atomic E-state index is -4.81. The van der Waals surface area contributed by atoms with Crippen molar-refractivity contribution in [1.29, 1.82) is 0 Å². The number of unbranched alkanes of at least 4 members (excludes halogenated alkanes) is 13. The second-order valence-corrected chi connectivity index (χ2v) is 15.5. The van der Waals surface area contributed by atoms with E-state index in [0.29, 0.717) is 19.3 Å². The molecule has 2 atom stereocenters. The van der Waals surface area contributed by atoms with Gasteiger partial charge in [0.25, 0.3) is 0 Å². The van der Waals surface area contributed by atoms with Crippen LogP contribution in [0.2, 0.25) is 0 Å². The summed E-state index contributed by atoms with van der Waals surface area (Å²) >= 11 is 0. The number of ether oxygens (including phenoxy) is 2. The number of carbonyl (C=O) groups excluding carboxylic acids is 2. The van der Waals surface area contributed by atoms with Gasteiger partial charge >= 0.3 is 19.8 Å². The largest absolute Gasteiger partial charge is 0.469 e. The van der Waals surface area contributed by atoms with Crippen LogP contribution in [0.5, 0.6) is 0 Å². The van der Waals surface area contributed by atoms with E-state index in [1.165, 1.54) is 70.6 Å². The fraction of sp³-hybridized carbons (Fsp3) is 0.721. The average molecular weight is 767 g/mol. The smallest absolute Gasteiger partial charge is 0.462 e. The van der Waals surface area contributed by atoms with Crippen LogP contribution in [0.25, 0.3) is 0 Å². The van der Waals surface area contributed by atoms with Crippen LogP contribution in [0, 0.1) is 5.92 Å². The summed E-state index contributed by atoms with van der Waals surface area (Å²) in [4.78, 5) is 42.8. The zero-order valence-corrected chi connectivity index (χ0v) is 34.3. The second kappa shape index (κ2) is 36.7. The highest BCUT2D eigenvalue weighted by Crippen LogP contribution is 2.36. The van der Waals surface area contributed by atoms with Gasteiger partial charge in [-0.25, -0.2) is 4.57 Å². The van der Waals surface area contributed by atoms with Gasteiger partial charge in [-0.3, -0.25) is 14.1 Å². The molecule has 0 aliphatic rings. The normalized spacial score (nSPS) is 13.8. The summed E-state index contributed by atoms with van der Waals surface area (Å²) in [5.41, 5.74) is 0. The topological polar surface area (TPSA) is 140 Å². The lowest BCUT2D eigenvalue weighted by molar-refractivity contribution is -0.161. The van der Waals surface area contributed by atoms with Crippen LogP contribution in [0.4, 0.5) is 0 Å². The van der Waals surface area contributed by atoms with E-state index in [9.17, 15) is 19.3 Å². The predicted octanol–water partition coefficient (Wildman–Crippen LogP) is 11.3. The Labute approximate surface area is 322 Å². The maximum absolute atomic E-state index is 12.4. The number of phosphoric acid groups is 1. The molecule has 0 heterocycles. The Hall–Kier alpha value is -2.29. The molecule has 0 saturated carbocycles. The molecule has 0 aromatic heterocycles. The Morgan fingerprint density at radius 1 is 0.604 bits per heavy atom. The summed E-state index contributed by atoms with van der Waals surface area (Å²) in [6.07, 6.45) is 41.2. The molecule has 53 heavy (non-hydrogen) atoms. The zero-order chi connectivity index (χ0) is 39.3. The lowest BCUT2D eigenvalue weighted by Crippen LogP contribution is -2.29. The highest BCUT2D eigenvalue weighted by atomic mass is 31.2. The number of aliphatic hydroxyl groups is 1. The number of allylic oxidation sites excluding steroid dienone is 9. The first kappa shape index (κ1) is 50.7. The molecule has 0 aliphatic heterocycles. The minimum Gasteiger partial charge on any atom is -0.462 e. The van der Waals surface area contributed by atoms with Crippen molar-refractivity contribution >= 4 is 19.8 Å². The van der Waals surface area contributed by atoms with Gasteiger partial charge in [0, 0.05) is 12.8 Å². The van der Waals surface area contributed by atoms with Crippen LogP contribution in [-0.4, -0.2) is 52.3 Å². The first-order valence-corrected chi connectivity index (χ1v) is 22.1. The summed E-state index contributed by atoms with van der Waals surface area (Å²) in [6.45, 7) is 5.74. The fourth-order valence-electron chi connectivity index (χ4n) is 5.53. The Balaban J connectivity index is 4.12. The first-order chi connectivity index (χ1) is 25.5. The number of hydrogen-bond acceptors (Lipinski definition) is 7. The van der Waals surface area contributed by atoms with E-state index in [4.69, 9.17) is 19.3 Å². The SMILES string of the molecule is CC/C=C\C/C=C\C/C=C\C/C=C\C=C\C(O)CCCC(=O)O[C@H](COC(=O)CCCCCCCCCCCCCCCCC(C)C)COP(=O)(O)O. The lowest BCUT2D eigenvalue weighted by Gasteiger charge is -2.18. The van der Waals surface area contributed by atoms with Crippen molar-refractivity contribution in [3.8, 4) is 0 Å². The van der Waals surface area contributed by atoms with Gasteiger partial charge in [0.15, 0.2) is 6.10 Å². The van der Waals surface area contributed by atoms with E-state index in [2.05, 4.69) is 61.8 Å². The molecule has 0 aromatic carbocycles. The molecule has 0 spiro atoms. The standard InChI is InChI=1S/C43H75O9P/c1-4-5-6-7-8-9-10-13-17-20-23-26-29-33-40(44)34-31-36-43(46)52-41(38-51-53(47,48)49)37-50-42(45)35-30-27-24-21-18-15-12-11-14-16-19-22-25-28-32-39(2)3/h5-6,8-9,13,17,23,26,29,33,39-41,44H,4,7,10-12,14-16,18-22,24-25,27-28,30-32,34-38H2,1-3H3,(H2,47,48,49)/b6-5-,9-8-,17-13-,26-23-,33-29+/t40?,41-/m1/s1. The molecule has 10 heteroatoms. The quantitative estimate of drug-likeness (QED) is 0.0187. The van der Waals surface area contributed by atoms with Crippen LogP contribution < -0.4 is 0 Å². The van der Waals surface area contributed by atoms with Gasteiger partial charge in [-0.15, -0.1) is 0 Å². The van der Waals surface area contributed by atoms with Crippen molar-refractivity contribution in [3.05, 3.63) is 60.8 Å². The molecule has 0 saturated heterocycles. The molecule has 306 valence electrons. The van der Waals surface area contributed by atoms with Crippen molar-refractivity contribution < 1.29 is 43.0 Å². The molecule has 0 radical (unpaired) electrons. The van der Waals surface area contributed by atoms with Gasteiger partial charge in [-0.05, 0) is 50.9 Å². The third-order valence-corrected chi connectivity index (χ3v) is 9.07. The van der Waals surface area contributed by atoms with E-state index in [0.717, 1.165) is 50.9 Å². The Morgan fingerprint density at radius 2 is 1.09 bits per heavy atom. The van der Waals surface area contributed by atoms with Gasteiger partial charge in [0.2, 0.25) is 0 Å². The molecular weight excluding hydrogens is 691 g/mol. The van der Waals surface area contributed by atoms with Gasteiger partial charge in [0.1, 0.15) is 6.61 Å². The molecule has 3 N–H and O–H groups in total. The molecule has 0 aromatic rings. The van der Waals surface area contributed by atoms with E-state index in [1.807, 2.05) is 12.2 Å². The maximum atomic E-state index is 12.4. The number of esters is 2. The van der Waals surface area contributed by atoms with Crippen LogP contribution in [-0.2, 0) is 28.2 Å². The minimum absolute atomic E-state index is 0.0199. The first-order valence-electron chi connectivity index (χ1n) is 20.5. The Kier molecular flexibility index (Phi) is 35.1. The van der Waals surface area contributed by atoms with Crippen molar-refractivity contribution in [2.75, 3.05) is 13.2 Å².